The molecule has 0 fully saturated rings. The summed E-state index contributed by atoms with van der Waals surface area (Å²) < 4.78 is 10.6. The zero-order valence-electron chi connectivity index (χ0n) is 8.64. The fourth-order valence-corrected chi connectivity index (χ4v) is 1.53. The van der Waals surface area contributed by atoms with E-state index in [1.165, 1.54) is 0 Å². The summed E-state index contributed by atoms with van der Waals surface area (Å²) in [6.45, 7) is 1.02. The van der Waals surface area contributed by atoms with Crippen LogP contribution in [0.1, 0.15) is 11.7 Å². The maximum Gasteiger partial charge on any atom is 0.198 e. The van der Waals surface area contributed by atoms with E-state index in [9.17, 15) is 0 Å². The van der Waals surface area contributed by atoms with Crippen molar-refractivity contribution in [2.75, 3.05) is 20.2 Å². The molecule has 1 atom stereocenters. The van der Waals surface area contributed by atoms with E-state index >= 15 is 0 Å². The summed E-state index contributed by atoms with van der Waals surface area (Å²) in [5, 5.41) is 0. The average Bonchev–Trinajstić information content (AvgIpc) is 2.78. The molecule has 1 aliphatic heterocycles. The molecule has 0 spiro atoms. The Morgan fingerprint density at radius 3 is 2.73 bits per heavy atom. The van der Waals surface area contributed by atoms with Crippen LogP contribution in [0.4, 0.5) is 0 Å². The van der Waals surface area contributed by atoms with Crippen LogP contribution in [0.15, 0.2) is 29.3 Å². The maximum atomic E-state index is 5.55. The Bertz CT molecular complexity index is 359. The molecule has 0 bridgehead atoms. The van der Waals surface area contributed by atoms with Crippen LogP contribution in [0.5, 0.6) is 5.75 Å². The first-order chi connectivity index (χ1) is 7.33. The van der Waals surface area contributed by atoms with Gasteiger partial charge in [0.1, 0.15) is 11.9 Å². The minimum absolute atomic E-state index is 0.00876. The van der Waals surface area contributed by atoms with Gasteiger partial charge in [-0.2, -0.15) is 0 Å². The Kier molecular flexibility index (Phi) is 2.87. The molecule has 2 rings (SSSR count). The Morgan fingerprint density at radius 2 is 2.20 bits per heavy atom. The first-order valence-corrected chi connectivity index (χ1v) is 4.87. The van der Waals surface area contributed by atoms with Crippen molar-refractivity contribution in [2.24, 2.45) is 10.7 Å². The molecule has 1 aromatic carbocycles. The number of aliphatic imine (C=N–C) groups is 1. The third-order valence-corrected chi connectivity index (χ3v) is 2.37. The Labute approximate surface area is 88.7 Å². The molecule has 1 aliphatic rings. The second-order valence-electron chi connectivity index (χ2n) is 3.32. The lowest BCUT2D eigenvalue weighted by Crippen LogP contribution is -2.14. The number of rotatable bonds is 3. The van der Waals surface area contributed by atoms with Crippen molar-refractivity contribution in [3.63, 3.8) is 0 Å². The van der Waals surface area contributed by atoms with Crippen molar-refractivity contribution in [3.8, 4) is 5.75 Å². The molecule has 1 aromatic rings. The lowest BCUT2D eigenvalue weighted by molar-refractivity contribution is 0.226. The lowest BCUT2D eigenvalue weighted by atomic mass is 10.1. The highest BCUT2D eigenvalue weighted by Gasteiger charge is 2.20. The van der Waals surface area contributed by atoms with Gasteiger partial charge in [-0.1, -0.05) is 12.1 Å². The monoisotopic (exact) mass is 206 g/mol. The van der Waals surface area contributed by atoms with Crippen LogP contribution in [0.25, 0.3) is 0 Å². The molecule has 0 aromatic heterocycles. The summed E-state index contributed by atoms with van der Waals surface area (Å²) in [4.78, 5) is 4.19. The molecule has 4 nitrogen and oxygen atoms in total. The summed E-state index contributed by atoms with van der Waals surface area (Å²) >= 11 is 0. The normalized spacial score (nSPS) is 19.6. The van der Waals surface area contributed by atoms with Crippen molar-refractivity contribution < 1.29 is 9.47 Å². The molecule has 0 radical (unpaired) electrons. The Morgan fingerprint density at radius 1 is 1.47 bits per heavy atom. The summed E-state index contributed by atoms with van der Waals surface area (Å²) in [5.74, 6) is 1.48. The molecular weight excluding hydrogens is 192 g/mol. The zero-order valence-corrected chi connectivity index (χ0v) is 8.64. The topological polar surface area (TPSA) is 56.8 Å². The highest BCUT2D eigenvalue weighted by molar-refractivity contribution is 5.79. The quantitative estimate of drug-likeness (QED) is 0.806. The van der Waals surface area contributed by atoms with E-state index < -0.39 is 0 Å². The van der Waals surface area contributed by atoms with Gasteiger partial charge in [0.05, 0.1) is 20.2 Å². The van der Waals surface area contributed by atoms with Crippen LogP contribution in [-0.2, 0) is 4.74 Å². The van der Waals surface area contributed by atoms with Crippen molar-refractivity contribution in [1.29, 1.82) is 0 Å². The average molecular weight is 206 g/mol. The molecule has 0 aliphatic carbocycles. The lowest BCUT2D eigenvalue weighted by Gasteiger charge is -2.11. The fourth-order valence-electron chi connectivity index (χ4n) is 1.53. The van der Waals surface area contributed by atoms with Crippen molar-refractivity contribution in [2.45, 2.75) is 6.10 Å². The summed E-state index contributed by atoms with van der Waals surface area (Å²) in [5.41, 5.74) is 6.54. The Balaban J connectivity index is 2.05. The second kappa shape index (κ2) is 4.31. The molecule has 4 heteroatoms. The van der Waals surface area contributed by atoms with Gasteiger partial charge < -0.3 is 15.2 Å². The number of ether oxygens (including phenoxy) is 2. The molecule has 0 saturated heterocycles. The van der Waals surface area contributed by atoms with Crippen LogP contribution in [0.3, 0.4) is 0 Å². The van der Waals surface area contributed by atoms with Crippen molar-refractivity contribution in [3.05, 3.63) is 29.8 Å². The Hall–Kier alpha value is -1.55. The molecule has 0 amide bonds. The van der Waals surface area contributed by atoms with E-state index in [-0.39, 0.29) is 6.10 Å². The summed E-state index contributed by atoms with van der Waals surface area (Å²) in [6.07, 6.45) is 0.00876. The van der Waals surface area contributed by atoms with Crippen molar-refractivity contribution in [1.82, 2.24) is 0 Å². The van der Waals surface area contributed by atoms with Gasteiger partial charge in [-0.05, 0) is 17.7 Å². The minimum atomic E-state index is 0.00876. The van der Waals surface area contributed by atoms with Crippen LogP contribution in [0.2, 0.25) is 0 Å². The number of hydrogen-bond donors (Lipinski definition) is 1. The van der Waals surface area contributed by atoms with Crippen LogP contribution in [0, 0.1) is 0 Å². The highest BCUT2D eigenvalue weighted by Crippen LogP contribution is 2.24. The van der Waals surface area contributed by atoms with Crippen LogP contribution in [-0.4, -0.2) is 26.1 Å². The van der Waals surface area contributed by atoms with E-state index in [1.807, 2.05) is 24.3 Å². The number of methoxy groups -OCH3 is 1. The van der Waals surface area contributed by atoms with Gasteiger partial charge in [-0.3, -0.25) is 4.99 Å². The third kappa shape index (κ3) is 2.10. The van der Waals surface area contributed by atoms with Crippen LogP contribution >= 0.6 is 0 Å². The van der Waals surface area contributed by atoms with E-state index in [1.54, 1.807) is 7.11 Å². The maximum absolute atomic E-state index is 5.55. The number of nitrogens with two attached hydrogens (primary N) is 1. The van der Waals surface area contributed by atoms with Gasteiger partial charge in [0.25, 0.3) is 0 Å². The minimum Gasteiger partial charge on any atom is -0.497 e. The van der Waals surface area contributed by atoms with Gasteiger partial charge in [-0.25, -0.2) is 0 Å². The molecule has 2 N–H and O–H groups in total. The van der Waals surface area contributed by atoms with Gasteiger partial charge in [0.15, 0.2) is 5.90 Å². The number of hydrogen-bond acceptors (Lipinski definition) is 4. The largest absolute Gasteiger partial charge is 0.497 e. The summed E-state index contributed by atoms with van der Waals surface area (Å²) in [7, 11) is 1.65. The third-order valence-electron chi connectivity index (χ3n) is 2.37. The van der Waals surface area contributed by atoms with E-state index in [0.717, 1.165) is 11.3 Å². The van der Waals surface area contributed by atoms with Crippen molar-refractivity contribution >= 4 is 5.90 Å². The SMILES string of the molecule is COc1ccc(C2CN=C(CN)O2)cc1. The molecule has 80 valence electrons. The zero-order chi connectivity index (χ0) is 10.7. The van der Waals surface area contributed by atoms with E-state index in [2.05, 4.69) is 4.99 Å². The first-order valence-electron chi connectivity index (χ1n) is 4.87. The molecular formula is C11H14N2O2. The smallest absolute Gasteiger partial charge is 0.198 e. The van der Waals surface area contributed by atoms with E-state index in [4.69, 9.17) is 15.2 Å². The standard InChI is InChI=1S/C11H14N2O2/c1-14-9-4-2-8(3-5-9)10-7-13-11(6-12)15-10/h2-5,10H,6-7,12H2,1H3. The molecule has 1 unspecified atom stereocenters. The van der Waals surface area contributed by atoms with E-state index in [0.29, 0.717) is 19.0 Å². The molecule has 15 heavy (non-hydrogen) atoms. The summed E-state index contributed by atoms with van der Waals surface area (Å²) in [6, 6.07) is 7.80. The van der Waals surface area contributed by atoms with Crippen LogP contribution < -0.4 is 10.5 Å². The predicted molar refractivity (Wildman–Crippen MR) is 58.2 cm³/mol. The second-order valence-corrected chi connectivity index (χ2v) is 3.32. The molecule has 1 heterocycles. The van der Waals surface area contributed by atoms with Gasteiger partial charge >= 0.3 is 0 Å². The highest BCUT2D eigenvalue weighted by atomic mass is 16.5. The van der Waals surface area contributed by atoms with Gasteiger partial charge in [0.2, 0.25) is 0 Å². The number of nitrogens with zero attached hydrogens (tertiary/aromatic N) is 1. The first kappa shape index (κ1) is 9.98. The number of benzene rings is 1. The predicted octanol–water partition coefficient (Wildman–Crippen LogP) is 1.12. The molecule has 0 saturated carbocycles. The fraction of sp³-hybridized carbons (Fsp3) is 0.364. The van der Waals surface area contributed by atoms with Gasteiger partial charge in [-0.15, -0.1) is 0 Å². The van der Waals surface area contributed by atoms with Gasteiger partial charge in [0, 0.05) is 0 Å².